The molecule has 0 amide bonds. The van der Waals surface area contributed by atoms with Crippen LogP contribution in [0.2, 0.25) is 0 Å². The highest BCUT2D eigenvalue weighted by Gasteiger charge is 2.30. The molecule has 0 saturated carbocycles. The molecule has 152 valence electrons. The number of nitrogens with one attached hydrogen (secondary N) is 2. The molecule has 2 rings (SSSR count). The first-order valence-electron chi connectivity index (χ1n) is 8.34. The minimum Gasteiger partial charge on any atom is -0.355 e. The van der Waals surface area contributed by atoms with Crippen LogP contribution in [0.15, 0.2) is 34.2 Å². The minimum absolute atomic E-state index is 0. The van der Waals surface area contributed by atoms with Crippen LogP contribution in [0.4, 0.5) is 5.69 Å². The van der Waals surface area contributed by atoms with Gasteiger partial charge in [0.2, 0.25) is 10.0 Å². The second kappa shape index (κ2) is 9.64. The first kappa shape index (κ1) is 23.6. The molecule has 9 nitrogen and oxygen atoms in total. The van der Waals surface area contributed by atoms with E-state index in [1.54, 1.807) is 7.05 Å². The van der Waals surface area contributed by atoms with Crippen LogP contribution in [0.25, 0.3) is 0 Å². The minimum atomic E-state index is -3.81. The van der Waals surface area contributed by atoms with Crippen LogP contribution in [-0.2, 0) is 10.0 Å². The van der Waals surface area contributed by atoms with Crippen molar-refractivity contribution in [2.24, 2.45) is 10.4 Å². The standard InChI is InChI=1S/C16H25N5O4S.HI/c1-16(2)7-10-20(12-16)15(17-3)18-8-9-19-26(24,25)14-6-4-5-13(11-14)21(22)23;/h4-6,11,19H,7-10,12H2,1-3H3,(H,17,18);1H. The van der Waals surface area contributed by atoms with Gasteiger partial charge >= 0.3 is 0 Å². The van der Waals surface area contributed by atoms with E-state index in [1.165, 1.54) is 18.2 Å². The fraction of sp³-hybridized carbons (Fsp3) is 0.562. The molecule has 1 aliphatic rings. The predicted molar refractivity (Wildman–Crippen MR) is 115 cm³/mol. The molecule has 1 heterocycles. The monoisotopic (exact) mass is 511 g/mol. The highest BCUT2D eigenvalue weighted by Crippen LogP contribution is 2.28. The van der Waals surface area contributed by atoms with Crippen LogP contribution in [0.5, 0.6) is 0 Å². The molecule has 0 aliphatic carbocycles. The first-order valence-corrected chi connectivity index (χ1v) is 9.83. The molecule has 0 bridgehead atoms. The highest BCUT2D eigenvalue weighted by molar-refractivity contribution is 14.0. The van der Waals surface area contributed by atoms with Crippen LogP contribution >= 0.6 is 24.0 Å². The maximum Gasteiger partial charge on any atom is 0.270 e. The van der Waals surface area contributed by atoms with E-state index in [2.05, 4.69) is 33.8 Å². The zero-order valence-electron chi connectivity index (χ0n) is 15.6. The molecule has 11 heteroatoms. The number of hydrogen-bond acceptors (Lipinski definition) is 5. The molecule has 2 N–H and O–H groups in total. The second-order valence-corrected chi connectivity index (χ2v) is 8.73. The van der Waals surface area contributed by atoms with Crippen LogP contribution < -0.4 is 10.0 Å². The Kier molecular flexibility index (Phi) is 8.42. The van der Waals surface area contributed by atoms with Crippen molar-refractivity contribution >= 4 is 45.6 Å². The van der Waals surface area contributed by atoms with Gasteiger partial charge in [0.1, 0.15) is 0 Å². The number of nitrogens with zero attached hydrogens (tertiary/aromatic N) is 3. The van der Waals surface area contributed by atoms with E-state index in [-0.39, 0.29) is 46.5 Å². The quantitative estimate of drug-likeness (QED) is 0.150. The third kappa shape index (κ3) is 6.57. The smallest absolute Gasteiger partial charge is 0.270 e. The summed E-state index contributed by atoms with van der Waals surface area (Å²) in [7, 11) is -2.11. The molecule has 0 unspecified atom stereocenters. The zero-order valence-corrected chi connectivity index (χ0v) is 18.8. The summed E-state index contributed by atoms with van der Waals surface area (Å²) < 4.78 is 27.0. The number of sulfonamides is 1. The summed E-state index contributed by atoms with van der Waals surface area (Å²) in [5.41, 5.74) is -0.0237. The fourth-order valence-corrected chi connectivity index (χ4v) is 3.90. The third-order valence-corrected chi connectivity index (χ3v) is 5.69. The molecular weight excluding hydrogens is 485 g/mol. The van der Waals surface area contributed by atoms with Gasteiger partial charge in [0, 0.05) is 45.4 Å². The number of aliphatic imine (C=N–C) groups is 1. The average Bonchev–Trinajstić information content (AvgIpc) is 2.94. The first-order chi connectivity index (χ1) is 12.1. The summed E-state index contributed by atoms with van der Waals surface area (Å²) >= 11 is 0. The van der Waals surface area contributed by atoms with Gasteiger partial charge in [-0.3, -0.25) is 15.1 Å². The summed E-state index contributed by atoms with van der Waals surface area (Å²) in [4.78, 5) is 16.4. The molecule has 27 heavy (non-hydrogen) atoms. The molecule has 0 atom stereocenters. The van der Waals surface area contributed by atoms with E-state index in [4.69, 9.17) is 0 Å². The molecule has 0 spiro atoms. The molecular formula is C16H26IN5O4S. The van der Waals surface area contributed by atoms with Gasteiger partial charge in [0.15, 0.2) is 5.96 Å². The second-order valence-electron chi connectivity index (χ2n) is 6.96. The van der Waals surface area contributed by atoms with Gasteiger partial charge in [-0.15, -0.1) is 24.0 Å². The number of hydrogen-bond donors (Lipinski definition) is 2. The Morgan fingerprint density at radius 3 is 2.63 bits per heavy atom. The lowest BCUT2D eigenvalue weighted by atomic mass is 9.93. The lowest BCUT2D eigenvalue weighted by molar-refractivity contribution is -0.385. The molecule has 1 fully saturated rings. The normalized spacial score (nSPS) is 16.7. The maximum absolute atomic E-state index is 12.3. The van der Waals surface area contributed by atoms with Gasteiger partial charge in [0.05, 0.1) is 9.82 Å². The Bertz CT molecular complexity index is 798. The Hall–Kier alpha value is -1.47. The van der Waals surface area contributed by atoms with Crippen molar-refractivity contribution in [1.82, 2.24) is 14.9 Å². The molecule has 0 aromatic heterocycles. The number of benzene rings is 1. The van der Waals surface area contributed by atoms with E-state index in [1.807, 2.05) is 0 Å². The number of nitro groups is 1. The summed E-state index contributed by atoms with van der Waals surface area (Å²) in [5, 5.41) is 13.9. The Balaban J connectivity index is 0.00000364. The van der Waals surface area contributed by atoms with E-state index < -0.39 is 14.9 Å². The van der Waals surface area contributed by atoms with E-state index in [0.29, 0.717) is 6.54 Å². The molecule has 1 aromatic rings. The SMILES string of the molecule is CN=C(NCCNS(=O)(=O)c1cccc([N+](=O)[O-])c1)N1CCC(C)(C)C1.I. The van der Waals surface area contributed by atoms with Crippen molar-refractivity contribution in [3.05, 3.63) is 34.4 Å². The van der Waals surface area contributed by atoms with Gasteiger partial charge in [-0.2, -0.15) is 0 Å². The Morgan fingerprint density at radius 1 is 1.37 bits per heavy atom. The van der Waals surface area contributed by atoms with Gasteiger partial charge in [-0.25, -0.2) is 13.1 Å². The highest BCUT2D eigenvalue weighted by atomic mass is 127. The summed E-state index contributed by atoms with van der Waals surface area (Å²) in [6, 6.07) is 4.97. The van der Waals surface area contributed by atoms with Crippen molar-refractivity contribution in [2.45, 2.75) is 25.2 Å². The van der Waals surface area contributed by atoms with Gasteiger partial charge in [-0.1, -0.05) is 19.9 Å². The van der Waals surface area contributed by atoms with Crippen LogP contribution in [-0.4, -0.2) is 57.4 Å². The fourth-order valence-electron chi connectivity index (χ4n) is 2.83. The third-order valence-electron chi connectivity index (χ3n) is 4.23. The van der Waals surface area contributed by atoms with Crippen molar-refractivity contribution < 1.29 is 13.3 Å². The summed E-state index contributed by atoms with van der Waals surface area (Å²) in [6.45, 7) is 6.71. The van der Waals surface area contributed by atoms with E-state index >= 15 is 0 Å². The predicted octanol–water partition coefficient (Wildman–Crippen LogP) is 1.80. The zero-order chi connectivity index (χ0) is 19.4. The number of non-ortho nitro benzene ring substituents is 1. The van der Waals surface area contributed by atoms with Crippen molar-refractivity contribution in [2.75, 3.05) is 33.2 Å². The van der Waals surface area contributed by atoms with Crippen molar-refractivity contribution in [3.8, 4) is 0 Å². The maximum atomic E-state index is 12.3. The number of rotatable bonds is 6. The molecule has 0 radical (unpaired) electrons. The lowest BCUT2D eigenvalue weighted by Gasteiger charge is -2.23. The molecule has 1 aliphatic heterocycles. The molecule has 1 saturated heterocycles. The summed E-state index contributed by atoms with van der Waals surface area (Å²) in [6.07, 6.45) is 1.08. The summed E-state index contributed by atoms with van der Waals surface area (Å²) in [5.74, 6) is 0.741. The van der Waals surface area contributed by atoms with Gasteiger partial charge < -0.3 is 10.2 Å². The van der Waals surface area contributed by atoms with Gasteiger partial charge in [0.25, 0.3) is 5.69 Å². The number of likely N-dealkylation sites (tertiary alicyclic amines) is 1. The Morgan fingerprint density at radius 2 is 2.07 bits per heavy atom. The van der Waals surface area contributed by atoms with E-state index in [0.717, 1.165) is 31.5 Å². The van der Waals surface area contributed by atoms with Crippen molar-refractivity contribution in [1.29, 1.82) is 0 Å². The number of guanidine groups is 1. The lowest BCUT2D eigenvalue weighted by Crippen LogP contribution is -2.43. The van der Waals surface area contributed by atoms with Crippen molar-refractivity contribution in [3.63, 3.8) is 0 Å². The van der Waals surface area contributed by atoms with Gasteiger partial charge in [-0.05, 0) is 17.9 Å². The Labute approximate surface area is 176 Å². The van der Waals surface area contributed by atoms with Crippen LogP contribution in [0, 0.1) is 15.5 Å². The molecule has 1 aromatic carbocycles. The average molecular weight is 511 g/mol. The largest absolute Gasteiger partial charge is 0.355 e. The number of nitro benzene ring substituents is 1. The van der Waals surface area contributed by atoms with Crippen LogP contribution in [0.3, 0.4) is 0 Å². The van der Waals surface area contributed by atoms with E-state index in [9.17, 15) is 18.5 Å². The van der Waals surface area contributed by atoms with Crippen LogP contribution in [0.1, 0.15) is 20.3 Å². The topological polar surface area (TPSA) is 117 Å². The number of halogens is 1.